The lowest BCUT2D eigenvalue weighted by Gasteiger charge is -2.11. The van der Waals surface area contributed by atoms with E-state index in [1.165, 1.54) is 29.8 Å². The van der Waals surface area contributed by atoms with Crippen LogP contribution in [-0.4, -0.2) is 29.0 Å². The van der Waals surface area contributed by atoms with Gasteiger partial charge in [-0.2, -0.15) is 5.10 Å². The van der Waals surface area contributed by atoms with Crippen LogP contribution >= 0.6 is 0 Å². The van der Waals surface area contributed by atoms with Gasteiger partial charge in [-0.25, -0.2) is 0 Å². The van der Waals surface area contributed by atoms with Crippen LogP contribution < -0.4 is 5.73 Å². The molecule has 2 N–H and O–H groups in total. The van der Waals surface area contributed by atoms with Gasteiger partial charge in [0.1, 0.15) is 0 Å². The standard InChI is InChI=1S/C16H29N3O/c1-3-15-14(9-10-17)16(4-2)19(18-15)11-5-7-13-8-6-12-20-13/h13H,3-12,17H2,1-2H3. The van der Waals surface area contributed by atoms with Crippen molar-refractivity contribution >= 4 is 0 Å². The number of ether oxygens (including phenoxy) is 1. The molecule has 114 valence electrons. The normalized spacial score (nSPS) is 18.9. The van der Waals surface area contributed by atoms with Crippen LogP contribution in [0.2, 0.25) is 0 Å². The Morgan fingerprint density at radius 3 is 2.80 bits per heavy atom. The highest BCUT2D eigenvalue weighted by atomic mass is 16.5. The Morgan fingerprint density at radius 1 is 1.35 bits per heavy atom. The van der Waals surface area contributed by atoms with Crippen molar-refractivity contribution in [3.63, 3.8) is 0 Å². The van der Waals surface area contributed by atoms with Crippen LogP contribution in [0.4, 0.5) is 0 Å². The van der Waals surface area contributed by atoms with E-state index in [0.717, 1.165) is 45.3 Å². The molecule has 2 rings (SSSR count). The predicted octanol–water partition coefficient (Wildman–Crippen LogP) is 2.47. The van der Waals surface area contributed by atoms with Gasteiger partial charge in [-0.05, 0) is 57.1 Å². The van der Waals surface area contributed by atoms with Crippen molar-refractivity contribution in [2.75, 3.05) is 13.2 Å². The Hall–Kier alpha value is -0.870. The van der Waals surface area contributed by atoms with E-state index >= 15 is 0 Å². The smallest absolute Gasteiger partial charge is 0.0657 e. The van der Waals surface area contributed by atoms with Gasteiger partial charge in [0, 0.05) is 18.8 Å². The average Bonchev–Trinajstić information content (AvgIpc) is 3.07. The number of aromatic nitrogens is 2. The molecule has 1 aromatic heterocycles. The molecular formula is C16H29N3O. The summed E-state index contributed by atoms with van der Waals surface area (Å²) in [6, 6.07) is 0. The molecule has 0 spiro atoms. The minimum atomic E-state index is 0.491. The Kier molecular flexibility index (Phi) is 6.05. The van der Waals surface area contributed by atoms with E-state index in [1.807, 2.05) is 0 Å². The Bertz CT molecular complexity index is 408. The zero-order valence-corrected chi connectivity index (χ0v) is 13.0. The van der Waals surface area contributed by atoms with Crippen LogP contribution in [0, 0.1) is 0 Å². The molecular weight excluding hydrogens is 250 g/mol. The first kappa shape index (κ1) is 15.5. The van der Waals surface area contributed by atoms with Crippen molar-refractivity contribution in [2.45, 2.75) is 71.4 Å². The van der Waals surface area contributed by atoms with Gasteiger partial charge in [0.15, 0.2) is 0 Å². The third-order valence-electron chi connectivity index (χ3n) is 4.23. The van der Waals surface area contributed by atoms with Gasteiger partial charge >= 0.3 is 0 Å². The molecule has 0 saturated carbocycles. The molecule has 4 nitrogen and oxygen atoms in total. The van der Waals surface area contributed by atoms with Gasteiger partial charge in [0.05, 0.1) is 11.8 Å². The maximum Gasteiger partial charge on any atom is 0.0657 e. The molecule has 1 aromatic rings. The highest BCUT2D eigenvalue weighted by molar-refractivity contribution is 5.27. The second-order valence-corrected chi connectivity index (χ2v) is 5.62. The van der Waals surface area contributed by atoms with Crippen LogP contribution in [0.3, 0.4) is 0 Å². The van der Waals surface area contributed by atoms with Gasteiger partial charge < -0.3 is 10.5 Å². The van der Waals surface area contributed by atoms with E-state index < -0.39 is 0 Å². The number of rotatable bonds is 8. The summed E-state index contributed by atoms with van der Waals surface area (Å²) >= 11 is 0. The zero-order valence-electron chi connectivity index (χ0n) is 13.0. The first-order valence-corrected chi connectivity index (χ1v) is 8.19. The van der Waals surface area contributed by atoms with Crippen molar-refractivity contribution in [1.29, 1.82) is 0 Å². The summed E-state index contributed by atoms with van der Waals surface area (Å²) in [7, 11) is 0. The molecule has 0 amide bonds. The molecule has 20 heavy (non-hydrogen) atoms. The number of aryl methyl sites for hydroxylation is 2. The number of hydrogen-bond acceptors (Lipinski definition) is 3. The zero-order chi connectivity index (χ0) is 14.4. The molecule has 1 saturated heterocycles. The lowest BCUT2D eigenvalue weighted by molar-refractivity contribution is 0.101. The second kappa shape index (κ2) is 7.79. The Labute approximate surface area is 122 Å². The van der Waals surface area contributed by atoms with E-state index in [-0.39, 0.29) is 0 Å². The van der Waals surface area contributed by atoms with Gasteiger partial charge in [-0.1, -0.05) is 13.8 Å². The van der Waals surface area contributed by atoms with Crippen LogP contribution in [0.5, 0.6) is 0 Å². The third-order valence-corrected chi connectivity index (χ3v) is 4.23. The van der Waals surface area contributed by atoms with Gasteiger partial charge in [0.25, 0.3) is 0 Å². The summed E-state index contributed by atoms with van der Waals surface area (Å²) < 4.78 is 7.91. The summed E-state index contributed by atoms with van der Waals surface area (Å²) in [6.07, 6.45) is 8.28. The van der Waals surface area contributed by atoms with Gasteiger partial charge in [0.2, 0.25) is 0 Å². The van der Waals surface area contributed by atoms with E-state index in [9.17, 15) is 0 Å². The Balaban J connectivity index is 1.98. The minimum absolute atomic E-state index is 0.491. The molecule has 1 aliphatic rings. The highest BCUT2D eigenvalue weighted by Crippen LogP contribution is 2.20. The molecule has 1 atom stereocenters. The molecule has 0 bridgehead atoms. The monoisotopic (exact) mass is 279 g/mol. The molecule has 4 heteroatoms. The maximum atomic E-state index is 5.75. The summed E-state index contributed by atoms with van der Waals surface area (Å²) in [6.45, 7) is 7.07. The molecule has 2 heterocycles. The minimum Gasteiger partial charge on any atom is -0.378 e. The number of nitrogens with two attached hydrogens (primary N) is 1. The van der Waals surface area contributed by atoms with Crippen LogP contribution in [0.25, 0.3) is 0 Å². The molecule has 1 unspecified atom stereocenters. The lowest BCUT2D eigenvalue weighted by atomic mass is 10.1. The topological polar surface area (TPSA) is 53.1 Å². The fourth-order valence-corrected chi connectivity index (χ4v) is 3.23. The summed E-state index contributed by atoms with van der Waals surface area (Å²) in [4.78, 5) is 0. The van der Waals surface area contributed by atoms with E-state index in [1.54, 1.807) is 0 Å². The number of hydrogen-bond donors (Lipinski definition) is 1. The fraction of sp³-hybridized carbons (Fsp3) is 0.812. The van der Waals surface area contributed by atoms with E-state index in [4.69, 9.17) is 15.6 Å². The molecule has 0 aromatic carbocycles. The summed E-state index contributed by atoms with van der Waals surface area (Å²) in [5.41, 5.74) is 9.77. The first-order valence-electron chi connectivity index (χ1n) is 8.19. The fourth-order valence-electron chi connectivity index (χ4n) is 3.23. The Morgan fingerprint density at radius 2 is 2.20 bits per heavy atom. The molecule has 0 aliphatic carbocycles. The quantitative estimate of drug-likeness (QED) is 0.795. The van der Waals surface area contributed by atoms with Crippen molar-refractivity contribution < 1.29 is 4.74 Å². The largest absolute Gasteiger partial charge is 0.378 e. The molecule has 1 aliphatic heterocycles. The predicted molar refractivity (Wildman–Crippen MR) is 81.9 cm³/mol. The molecule has 1 fully saturated rings. The summed E-state index contributed by atoms with van der Waals surface area (Å²) in [5, 5.41) is 4.80. The first-order chi connectivity index (χ1) is 9.80. The number of nitrogens with zero attached hydrogens (tertiary/aromatic N) is 2. The second-order valence-electron chi connectivity index (χ2n) is 5.62. The van der Waals surface area contributed by atoms with Crippen molar-refractivity contribution in [1.82, 2.24) is 9.78 Å². The van der Waals surface area contributed by atoms with E-state index in [0.29, 0.717) is 12.6 Å². The van der Waals surface area contributed by atoms with Crippen molar-refractivity contribution in [3.05, 3.63) is 17.0 Å². The van der Waals surface area contributed by atoms with Gasteiger partial charge in [-0.3, -0.25) is 4.68 Å². The van der Waals surface area contributed by atoms with Crippen LogP contribution in [0.1, 0.15) is 56.5 Å². The van der Waals surface area contributed by atoms with Crippen molar-refractivity contribution in [2.24, 2.45) is 5.73 Å². The lowest BCUT2D eigenvalue weighted by Crippen LogP contribution is -2.11. The van der Waals surface area contributed by atoms with Crippen LogP contribution in [-0.2, 0) is 30.5 Å². The van der Waals surface area contributed by atoms with Crippen LogP contribution in [0.15, 0.2) is 0 Å². The maximum absolute atomic E-state index is 5.75. The third kappa shape index (κ3) is 3.61. The highest BCUT2D eigenvalue weighted by Gasteiger charge is 2.17. The average molecular weight is 279 g/mol. The summed E-state index contributed by atoms with van der Waals surface area (Å²) in [5.74, 6) is 0. The van der Waals surface area contributed by atoms with Gasteiger partial charge in [-0.15, -0.1) is 0 Å². The van der Waals surface area contributed by atoms with Crippen molar-refractivity contribution in [3.8, 4) is 0 Å². The molecule has 0 radical (unpaired) electrons. The van der Waals surface area contributed by atoms with E-state index in [2.05, 4.69) is 18.5 Å². The SMILES string of the molecule is CCc1nn(CCCC2CCCO2)c(CC)c1CCN.